The zero-order valence-electron chi connectivity index (χ0n) is 20.5. The minimum Gasteiger partial charge on any atom is -0.490 e. The van der Waals surface area contributed by atoms with Gasteiger partial charge in [0.05, 0.1) is 11.7 Å². The lowest BCUT2D eigenvalue weighted by atomic mass is 10.0. The zero-order valence-corrected chi connectivity index (χ0v) is 20.5. The second kappa shape index (κ2) is 10.5. The van der Waals surface area contributed by atoms with Gasteiger partial charge in [0.1, 0.15) is 23.1 Å². The van der Waals surface area contributed by atoms with E-state index in [1.54, 1.807) is 7.05 Å². The third-order valence-electron chi connectivity index (χ3n) is 6.13. The highest BCUT2D eigenvalue weighted by Crippen LogP contribution is 2.27. The Morgan fingerprint density at radius 1 is 1.24 bits per heavy atom. The van der Waals surface area contributed by atoms with Gasteiger partial charge in [0, 0.05) is 25.1 Å². The van der Waals surface area contributed by atoms with E-state index in [9.17, 15) is 9.59 Å². The summed E-state index contributed by atoms with van der Waals surface area (Å²) >= 11 is 0. The SMILES string of the molecule is CCC[C@H](C)Oc1cc(-n2nc(C(C)C)n(C)c2=O)c(F)cc1C(=O)NC1CCN(C)CC1. The molecule has 9 heteroatoms. The van der Waals surface area contributed by atoms with Gasteiger partial charge in [-0.05, 0) is 52.4 Å². The molecule has 0 spiro atoms. The van der Waals surface area contributed by atoms with E-state index in [1.165, 1.54) is 10.6 Å². The zero-order chi connectivity index (χ0) is 24.3. The van der Waals surface area contributed by atoms with E-state index >= 15 is 4.39 Å². The van der Waals surface area contributed by atoms with E-state index in [-0.39, 0.29) is 41.0 Å². The van der Waals surface area contributed by atoms with Gasteiger partial charge in [0.25, 0.3) is 5.91 Å². The normalized spacial score (nSPS) is 16.2. The van der Waals surface area contributed by atoms with E-state index < -0.39 is 11.5 Å². The summed E-state index contributed by atoms with van der Waals surface area (Å²) in [7, 11) is 3.67. The molecule has 0 unspecified atom stereocenters. The number of hydrogen-bond donors (Lipinski definition) is 1. The number of nitrogens with one attached hydrogen (secondary N) is 1. The first-order valence-corrected chi connectivity index (χ1v) is 11.8. The number of halogens is 1. The van der Waals surface area contributed by atoms with Crippen LogP contribution in [0, 0.1) is 5.82 Å². The number of carbonyl (C=O) groups excluding carboxylic acids is 1. The van der Waals surface area contributed by atoms with Crippen molar-refractivity contribution in [2.24, 2.45) is 7.05 Å². The van der Waals surface area contributed by atoms with Crippen LogP contribution in [0.1, 0.15) is 75.5 Å². The highest BCUT2D eigenvalue weighted by molar-refractivity contribution is 5.97. The van der Waals surface area contributed by atoms with Gasteiger partial charge >= 0.3 is 5.69 Å². The van der Waals surface area contributed by atoms with Gasteiger partial charge < -0.3 is 15.0 Å². The molecule has 1 saturated heterocycles. The molecule has 8 nitrogen and oxygen atoms in total. The minimum atomic E-state index is -0.700. The van der Waals surface area contributed by atoms with E-state index in [0.29, 0.717) is 5.82 Å². The number of amides is 1. The number of nitrogens with zero attached hydrogens (tertiary/aromatic N) is 4. The number of carbonyl (C=O) groups is 1. The van der Waals surface area contributed by atoms with Crippen molar-refractivity contribution in [1.29, 1.82) is 0 Å². The van der Waals surface area contributed by atoms with Crippen LogP contribution in [0.25, 0.3) is 5.69 Å². The van der Waals surface area contributed by atoms with Crippen LogP contribution >= 0.6 is 0 Å². The molecule has 33 heavy (non-hydrogen) atoms. The van der Waals surface area contributed by atoms with Gasteiger partial charge in [0.15, 0.2) is 0 Å². The number of ether oxygens (including phenoxy) is 1. The smallest absolute Gasteiger partial charge is 0.350 e. The molecule has 1 amide bonds. The monoisotopic (exact) mass is 461 g/mol. The number of aromatic nitrogens is 3. The first-order valence-electron chi connectivity index (χ1n) is 11.8. The summed E-state index contributed by atoms with van der Waals surface area (Å²) in [6, 6.07) is 2.61. The van der Waals surface area contributed by atoms with Crippen LogP contribution in [0.5, 0.6) is 5.75 Å². The van der Waals surface area contributed by atoms with Crippen LogP contribution in [0.15, 0.2) is 16.9 Å². The predicted molar refractivity (Wildman–Crippen MR) is 126 cm³/mol. The summed E-state index contributed by atoms with van der Waals surface area (Å²) in [5.41, 5.74) is -0.350. The molecule has 2 aromatic rings. The molecule has 2 heterocycles. The molecule has 1 aromatic heterocycles. The van der Waals surface area contributed by atoms with Gasteiger partial charge in [-0.2, -0.15) is 4.68 Å². The Labute approximate surface area is 194 Å². The Balaban J connectivity index is 2.00. The molecule has 0 radical (unpaired) electrons. The average Bonchev–Trinajstić information content (AvgIpc) is 3.05. The number of likely N-dealkylation sites (tertiary alicyclic amines) is 1. The molecule has 0 aliphatic carbocycles. The molecule has 1 atom stereocenters. The van der Waals surface area contributed by atoms with Crippen molar-refractivity contribution in [2.45, 2.75) is 71.4 Å². The van der Waals surface area contributed by atoms with Crippen LogP contribution in [-0.4, -0.2) is 57.4 Å². The van der Waals surface area contributed by atoms with E-state index in [4.69, 9.17) is 4.74 Å². The Morgan fingerprint density at radius 2 is 1.91 bits per heavy atom. The predicted octanol–water partition coefficient (Wildman–Crippen LogP) is 3.22. The molecule has 1 fully saturated rings. The number of hydrogen-bond acceptors (Lipinski definition) is 5. The largest absolute Gasteiger partial charge is 0.490 e. The van der Waals surface area contributed by atoms with Crippen LogP contribution in [-0.2, 0) is 7.05 Å². The van der Waals surface area contributed by atoms with E-state index in [1.807, 2.05) is 27.7 Å². The van der Waals surface area contributed by atoms with Crippen LogP contribution in [0.4, 0.5) is 4.39 Å². The maximum Gasteiger partial charge on any atom is 0.350 e. The van der Waals surface area contributed by atoms with Gasteiger partial charge in [-0.3, -0.25) is 9.36 Å². The Bertz CT molecular complexity index is 1040. The molecule has 1 aliphatic heterocycles. The van der Waals surface area contributed by atoms with Crippen LogP contribution in [0.3, 0.4) is 0 Å². The van der Waals surface area contributed by atoms with Crippen molar-refractivity contribution < 1.29 is 13.9 Å². The number of piperidine rings is 1. The Kier molecular flexibility index (Phi) is 7.94. The topological polar surface area (TPSA) is 81.4 Å². The van der Waals surface area contributed by atoms with Crippen molar-refractivity contribution in [1.82, 2.24) is 24.6 Å². The highest BCUT2D eigenvalue weighted by Gasteiger charge is 2.25. The maximum absolute atomic E-state index is 15.3. The quantitative estimate of drug-likeness (QED) is 0.653. The lowest BCUT2D eigenvalue weighted by Crippen LogP contribution is -2.43. The first-order chi connectivity index (χ1) is 15.6. The number of rotatable bonds is 8. The highest BCUT2D eigenvalue weighted by atomic mass is 19.1. The lowest BCUT2D eigenvalue weighted by Gasteiger charge is -2.29. The average molecular weight is 462 g/mol. The third kappa shape index (κ3) is 5.63. The lowest BCUT2D eigenvalue weighted by molar-refractivity contribution is 0.0909. The molecular weight excluding hydrogens is 425 g/mol. The fourth-order valence-corrected chi connectivity index (χ4v) is 4.19. The first kappa shape index (κ1) is 25.0. The van der Waals surface area contributed by atoms with Crippen LogP contribution < -0.4 is 15.7 Å². The van der Waals surface area contributed by atoms with Crippen molar-refractivity contribution in [2.75, 3.05) is 20.1 Å². The summed E-state index contributed by atoms with van der Waals surface area (Å²) < 4.78 is 23.8. The molecule has 1 N–H and O–H groups in total. The van der Waals surface area contributed by atoms with Gasteiger partial charge in [-0.25, -0.2) is 9.18 Å². The van der Waals surface area contributed by atoms with Crippen molar-refractivity contribution in [3.8, 4) is 11.4 Å². The summed E-state index contributed by atoms with van der Waals surface area (Å²) in [5.74, 6) is -0.280. The standard InChI is InChI=1S/C24H36FN5O3/c1-7-8-16(4)33-21-14-20(30-24(32)29(6)22(27-30)15(2)3)19(25)13-18(21)23(31)26-17-9-11-28(5)12-10-17/h13-17H,7-12H2,1-6H3,(H,26,31)/t16-/m0/s1. The molecule has 1 aromatic carbocycles. The van der Waals surface area contributed by atoms with Gasteiger partial charge in [-0.15, -0.1) is 5.10 Å². The Morgan fingerprint density at radius 3 is 2.48 bits per heavy atom. The van der Waals surface area contributed by atoms with E-state index in [0.717, 1.165) is 49.5 Å². The number of benzene rings is 1. The molecule has 0 saturated carbocycles. The van der Waals surface area contributed by atoms with E-state index in [2.05, 4.69) is 22.4 Å². The van der Waals surface area contributed by atoms with Crippen molar-refractivity contribution in [3.05, 3.63) is 39.8 Å². The fourth-order valence-electron chi connectivity index (χ4n) is 4.19. The van der Waals surface area contributed by atoms with Gasteiger partial charge in [0.2, 0.25) is 0 Å². The summed E-state index contributed by atoms with van der Waals surface area (Å²) in [5, 5.41) is 7.36. The van der Waals surface area contributed by atoms with Crippen LogP contribution in [0.2, 0.25) is 0 Å². The van der Waals surface area contributed by atoms with Gasteiger partial charge in [-0.1, -0.05) is 27.2 Å². The summed E-state index contributed by atoms with van der Waals surface area (Å²) in [6.45, 7) is 9.59. The molecule has 182 valence electrons. The van der Waals surface area contributed by atoms with Crippen molar-refractivity contribution >= 4 is 5.91 Å². The Hall–Kier alpha value is -2.68. The fraction of sp³-hybridized carbons (Fsp3) is 0.625. The third-order valence-corrected chi connectivity index (χ3v) is 6.13. The molecular formula is C24H36FN5O3. The molecule has 1 aliphatic rings. The van der Waals surface area contributed by atoms with Crippen molar-refractivity contribution in [3.63, 3.8) is 0 Å². The maximum atomic E-state index is 15.3. The molecule has 3 rings (SSSR count). The second-order valence-electron chi connectivity index (χ2n) is 9.33. The second-order valence-corrected chi connectivity index (χ2v) is 9.33. The molecule has 0 bridgehead atoms. The summed E-state index contributed by atoms with van der Waals surface area (Å²) in [6.07, 6.45) is 3.20. The summed E-state index contributed by atoms with van der Waals surface area (Å²) in [4.78, 5) is 28.1. The minimum absolute atomic E-state index is 0.00750.